The Labute approximate surface area is 127 Å². The molecular weight excluding hydrogens is 266 g/mol. The van der Waals surface area contributed by atoms with Crippen LogP contribution in [0.3, 0.4) is 0 Å². The van der Waals surface area contributed by atoms with Crippen molar-refractivity contribution in [2.24, 2.45) is 0 Å². The predicted molar refractivity (Wildman–Crippen MR) is 82.2 cm³/mol. The highest BCUT2D eigenvalue weighted by Gasteiger charge is 2.49. The smallest absolute Gasteiger partial charge is 0.412 e. The van der Waals surface area contributed by atoms with E-state index in [0.29, 0.717) is 13.2 Å². The van der Waals surface area contributed by atoms with Gasteiger partial charge in [0.1, 0.15) is 5.72 Å². The molecule has 4 heteroatoms. The van der Waals surface area contributed by atoms with Gasteiger partial charge in [0.15, 0.2) is 0 Å². The summed E-state index contributed by atoms with van der Waals surface area (Å²) in [5.41, 5.74) is 0.189. The largest absolute Gasteiger partial charge is 0.449 e. The molecule has 1 aliphatic rings. The van der Waals surface area contributed by atoms with Gasteiger partial charge in [0, 0.05) is 5.92 Å². The van der Waals surface area contributed by atoms with E-state index in [1.807, 2.05) is 58.0 Å². The molecule has 0 aliphatic carbocycles. The summed E-state index contributed by atoms with van der Waals surface area (Å²) in [6, 6.07) is 10.1. The Morgan fingerprint density at radius 1 is 1.29 bits per heavy atom. The van der Waals surface area contributed by atoms with Gasteiger partial charge >= 0.3 is 6.09 Å². The van der Waals surface area contributed by atoms with Crippen molar-refractivity contribution in [1.82, 2.24) is 4.90 Å². The molecular formula is C17H25NO3. The van der Waals surface area contributed by atoms with E-state index in [9.17, 15) is 4.79 Å². The summed E-state index contributed by atoms with van der Waals surface area (Å²) < 4.78 is 11.2. The van der Waals surface area contributed by atoms with Crippen molar-refractivity contribution >= 4 is 6.09 Å². The molecule has 0 N–H and O–H groups in total. The van der Waals surface area contributed by atoms with E-state index < -0.39 is 5.72 Å². The van der Waals surface area contributed by atoms with Gasteiger partial charge < -0.3 is 9.47 Å². The number of nitrogens with zero attached hydrogens (tertiary/aromatic N) is 1. The number of ether oxygens (including phenoxy) is 2. The third-order valence-electron chi connectivity index (χ3n) is 3.93. The fourth-order valence-corrected chi connectivity index (χ4v) is 2.82. The molecule has 1 heterocycles. The number of carbonyl (C=O) groups is 1. The molecule has 0 aromatic heterocycles. The summed E-state index contributed by atoms with van der Waals surface area (Å²) in [6.45, 7) is 10.7. The van der Waals surface area contributed by atoms with Crippen LogP contribution < -0.4 is 0 Å². The molecule has 1 fully saturated rings. The van der Waals surface area contributed by atoms with Gasteiger partial charge in [-0.25, -0.2) is 4.79 Å². The van der Waals surface area contributed by atoms with Gasteiger partial charge in [0.2, 0.25) is 0 Å². The van der Waals surface area contributed by atoms with Crippen LogP contribution in [0.25, 0.3) is 0 Å². The fourth-order valence-electron chi connectivity index (χ4n) is 2.82. The lowest BCUT2D eigenvalue weighted by Crippen LogP contribution is -2.53. The van der Waals surface area contributed by atoms with Gasteiger partial charge in [-0.1, -0.05) is 37.3 Å². The van der Waals surface area contributed by atoms with E-state index in [0.717, 1.165) is 0 Å². The molecule has 0 radical (unpaired) electrons. The summed E-state index contributed by atoms with van der Waals surface area (Å²) in [7, 11) is 0. The predicted octanol–water partition coefficient (Wildman–Crippen LogP) is 3.77. The molecule has 2 rings (SSSR count). The molecule has 1 amide bonds. The number of hydrogen-bond acceptors (Lipinski definition) is 3. The average Bonchev–Trinajstić information content (AvgIpc) is 2.65. The monoisotopic (exact) mass is 291 g/mol. The molecule has 0 unspecified atom stereocenters. The molecule has 1 aromatic carbocycles. The van der Waals surface area contributed by atoms with E-state index in [2.05, 4.69) is 6.92 Å². The quantitative estimate of drug-likeness (QED) is 0.851. The normalized spacial score (nSPS) is 21.1. The highest BCUT2D eigenvalue weighted by molar-refractivity contribution is 5.70. The Balaban J connectivity index is 1.99. The number of rotatable bonds is 3. The van der Waals surface area contributed by atoms with Crippen LogP contribution in [0.15, 0.2) is 30.3 Å². The Hall–Kier alpha value is -1.55. The molecule has 1 aromatic rings. The summed E-state index contributed by atoms with van der Waals surface area (Å²) in [6.07, 6.45) is -0.315. The molecule has 21 heavy (non-hydrogen) atoms. The highest BCUT2D eigenvalue weighted by atomic mass is 16.6. The van der Waals surface area contributed by atoms with E-state index in [-0.39, 0.29) is 17.6 Å². The van der Waals surface area contributed by atoms with Crippen LogP contribution in [0.2, 0.25) is 0 Å². The van der Waals surface area contributed by atoms with Crippen LogP contribution >= 0.6 is 0 Å². The summed E-state index contributed by atoms with van der Waals surface area (Å²) in [5, 5.41) is 0. The summed E-state index contributed by atoms with van der Waals surface area (Å²) in [4.78, 5) is 14.1. The van der Waals surface area contributed by atoms with Crippen LogP contribution in [0.1, 0.15) is 46.1 Å². The van der Waals surface area contributed by atoms with Crippen LogP contribution in [-0.2, 0) is 9.47 Å². The third kappa shape index (κ3) is 3.38. The zero-order valence-corrected chi connectivity index (χ0v) is 13.6. The maximum Gasteiger partial charge on any atom is 0.412 e. The molecule has 0 bridgehead atoms. The van der Waals surface area contributed by atoms with Gasteiger partial charge in [0.25, 0.3) is 0 Å². The van der Waals surface area contributed by atoms with E-state index in [1.54, 1.807) is 4.90 Å². The molecule has 1 atom stereocenters. The minimum atomic E-state index is -0.628. The van der Waals surface area contributed by atoms with Crippen LogP contribution in [0, 0.1) is 0 Å². The first-order valence-electron chi connectivity index (χ1n) is 7.40. The maximum atomic E-state index is 12.4. The SMILES string of the molecule is C[C@@H](COC(=O)N1C(C)(C)COC1(C)C)c1ccccc1. The van der Waals surface area contributed by atoms with Gasteiger partial charge in [-0.15, -0.1) is 0 Å². The first kappa shape index (κ1) is 15.8. The number of benzene rings is 1. The molecule has 1 saturated heterocycles. The van der Waals surface area contributed by atoms with Gasteiger partial charge in [-0.05, 0) is 33.3 Å². The standard InChI is InChI=1S/C17H25NO3/c1-13(14-9-7-6-8-10-14)11-20-15(19)18-16(2,3)12-21-17(18,4)5/h6-10,13H,11-12H2,1-5H3/t13-/m0/s1. The molecule has 0 saturated carbocycles. The lowest BCUT2D eigenvalue weighted by Gasteiger charge is -2.36. The Morgan fingerprint density at radius 2 is 1.90 bits per heavy atom. The van der Waals surface area contributed by atoms with E-state index in [1.165, 1.54) is 5.56 Å². The van der Waals surface area contributed by atoms with Gasteiger partial charge in [0.05, 0.1) is 18.8 Å². The van der Waals surface area contributed by atoms with Crippen molar-refractivity contribution in [1.29, 1.82) is 0 Å². The van der Waals surface area contributed by atoms with E-state index >= 15 is 0 Å². The van der Waals surface area contributed by atoms with Crippen LogP contribution in [-0.4, -0.2) is 35.5 Å². The molecule has 4 nitrogen and oxygen atoms in total. The second-order valence-corrected chi connectivity index (χ2v) is 6.77. The average molecular weight is 291 g/mol. The van der Waals surface area contributed by atoms with Crippen molar-refractivity contribution in [3.05, 3.63) is 35.9 Å². The Kier molecular flexibility index (Phi) is 4.28. The first-order valence-corrected chi connectivity index (χ1v) is 7.40. The third-order valence-corrected chi connectivity index (χ3v) is 3.93. The van der Waals surface area contributed by atoms with Crippen LogP contribution in [0.5, 0.6) is 0 Å². The zero-order chi connectivity index (χ0) is 15.7. The lowest BCUT2D eigenvalue weighted by atomic mass is 10.0. The van der Waals surface area contributed by atoms with E-state index in [4.69, 9.17) is 9.47 Å². The summed E-state index contributed by atoms with van der Waals surface area (Å²) in [5.74, 6) is 0.171. The van der Waals surface area contributed by atoms with Crippen LogP contribution in [0.4, 0.5) is 4.79 Å². The molecule has 116 valence electrons. The number of hydrogen-bond donors (Lipinski definition) is 0. The number of amides is 1. The Bertz CT molecular complexity index is 480. The van der Waals surface area contributed by atoms with Gasteiger partial charge in [-0.3, -0.25) is 4.90 Å². The summed E-state index contributed by atoms with van der Waals surface area (Å²) >= 11 is 0. The van der Waals surface area contributed by atoms with Gasteiger partial charge in [-0.2, -0.15) is 0 Å². The highest BCUT2D eigenvalue weighted by Crippen LogP contribution is 2.35. The fraction of sp³-hybridized carbons (Fsp3) is 0.588. The van der Waals surface area contributed by atoms with Crippen molar-refractivity contribution in [2.75, 3.05) is 13.2 Å². The minimum absolute atomic E-state index is 0.171. The van der Waals surface area contributed by atoms with Crippen molar-refractivity contribution < 1.29 is 14.3 Å². The Morgan fingerprint density at radius 3 is 2.43 bits per heavy atom. The molecule has 1 aliphatic heterocycles. The topological polar surface area (TPSA) is 38.8 Å². The minimum Gasteiger partial charge on any atom is -0.449 e. The lowest BCUT2D eigenvalue weighted by molar-refractivity contribution is -0.0522. The van der Waals surface area contributed by atoms with Crippen molar-refractivity contribution in [2.45, 2.75) is 51.8 Å². The zero-order valence-electron chi connectivity index (χ0n) is 13.6. The second kappa shape index (κ2) is 5.68. The molecule has 0 spiro atoms. The van der Waals surface area contributed by atoms with Crippen molar-refractivity contribution in [3.63, 3.8) is 0 Å². The first-order chi connectivity index (χ1) is 9.74. The number of carbonyl (C=O) groups excluding carboxylic acids is 1. The maximum absolute atomic E-state index is 12.4. The van der Waals surface area contributed by atoms with Crippen molar-refractivity contribution in [3.8, 4) is 0 Å². The second-order valence-electron chi connectivity index (χ2n) is 6.77.